The summed E-state index contributed by atoms with van der Waals surface area (Å²) in [5.74, 6) is -3.85. The van der Waals surface area contributed by atoms with Gasteiger partial charge in [0, 0.05) is 62.9 Å². The van der Waals surface area contributed by atoms with Crippen molar-refractivity contribution in [2.75, 3.05) is 47.9 Å². The maximum absolute atomic E-state index is 17.0. The van der Waals surface area contributed by atoms with Gasteiger partial charge < -0.3 is 38.6 Å². The van der Waals surface area contributed by atoms with Crippen molar-refractivity contribution >= 4 is 29.2 Å². The third-order valence-electron chi connectivity index (χ3n) is 12.6. The molecule has 4 rings (SSSR count). The smallest absolute Gasteiger partial charge is 0.410 e. The monoisotopic (exact) mass is 867 g/mol. The zero-order valence-electron chi connectivity index (χ0n) is 37.9. The number of thiazole rings is 1. The summed E-state index contributed by atoms with van der Waals surface area (Å²) in [6.07, 6.45) is 0.721. The summed E-state index contributed by atoms with van der Waals surface area (Å²) in [4.78, 5) is 52.3. The number of rotatable bonds is 16. The Hall–Kier alpha value is -3.13. The lowest BCUT2D eigenvalue weighted by Crippen LogP contribution is -2.61. The van der Waals surface area contributed by atoms with E-state index in [1.807, 2.05) is 58.4 Å². The molecule has 0 radical (unpaired) electrons. The average Bonchev–Trinajstić information content (AvgIpc) is 3.96. The summed E-state index contributed by atoms with van der Waals surface area (Å²) < 4.78 is 49.7. The highest BCUT2D eigenvalue weighted by Crippen LogP contribution is 2.41. The van der Waals surface area contributed by atoms with E-state index in [-0.39, 0.29) is 31.0 Å². The van der Waals surface area contributed by atoms with Crippen molar-refractivity contribution in [3.63, 3.8) is 0 Å². The van der Waals surface area contributed by atoms with Crippen LogP contribution in [0.2, 0.25) is 0 Å². The first-order valence-corrected chi connectivity index (χ1v) is 22.2. The second-order valence-corrected chi connectivity index (χ2v) is 18.3. The number of carbonyl (C=O) groups is 3. The molecule has 1 N–H and O–H groups in total. The second kappa shape index (κ2) is 20.8. The molecule has 12 atom stereocenters. The fourth-order valence-corrected chi connectivity index (χ4v) is 9.85. The largest absolute Gasteiger partial charge is 0.455 e. The number of esters is 1. The van der Waals surface area contributed by atoms with Gasteiger partial charge in [-0.15, -0.1) is 16.4 Å². The Balaban J connectivity index is 1.69. The number of aryl methyl sites for hydroxylation is 1. The molecule has 4 heterocycles. The lowest BCUT2D eigenvalue weighted by Gasteiger charge is -2.45. The van der Waals surface area contributed by atoms with Crippen LogP contribution < -0.4 is 0 Å². The third kappa shape index (κ3) is 10.7. The Bertz CT molecular complexity index is 1700. The molecular weight excluding hydrogens is 798 g/mol. The number of methoxy groups -OCH3 is 1. The highest BCUT2D eigenvalue weighted by atomic mass is 32.1. The quantitative estimate of drug-likeness (QED) is 0.101. The van der Waals surface area contributed by atoms with E-state index >= 15 is 4.39 Å². The van der Waals surface area contributed by atoms with E-state index in [1.54, 1.807) is 43.5 Å². The van der Waals surface area contributed by atoms with Crippen LogP contribution in [0.15, 0.2) is 17.8 Å². The first kappa shape index (κ1) is 49.5. The number of Topliss-reactive ketones (excluding diaryl/α,β-unsaturated/α-hetero) is 1. The van der Waals surface area contributed by atoms with E-state index in [9.17, 15) is 19.5 Å². The number of likely N-dealkylation sites (N-methyl/N-ethyl adjacent to an activating group) is 2. The third-order valence-corrected chi connectivity index (χ3v) is 13.4. The van der Waals surface area contributed by atoms with Crippen LogP contribution in [0.3, 0.4) is 0 Å². The van der Waals surface area contributed by atoms with Crippen LogP contribution in [0.4, 0.5) is 9.18 Å². The number of hydrogen-bond donors (Lipinski definition) is 1. The van der Waals surface area contributed by atoms with Gasteiger partial charge in [-0.05, 0) is 93.8 Å². The van der Waals surface area contributed by atoms with Gasteiger partial charge in [-0.25, -0.2) is 19.0 Å². The van der Waals surface area contributed by atoms with Crippen molar-refractivity contribution in [3.8, 4) is 10.7 Å². The van der Waals surface area contributed by atoms with E-state index in [2.05, 4.69) is 20.2 Å². The molecule has 2 aliphatic heterocycles. The maximum atomic E-state index is 17.0. The van der Waals surface area contributed by atoms with Gasteiger partial charge in [0.25, 0.3) is 5.67 Å². The van der Waals surface area contributed by atoms with Crippen LogP contribution in [0.1, 0.15) is 94.4 Å². The van der Waals surface area contributed by atoms with E-state index in [0.717, 1.165) is 11.9 Å². The Morgan fingerprint density at radius 1 is 1.10 bits per heavy atom. The number of fused-ring (bicyclic) bond motifs is 1. The molecule has 0 saturated carbocycles. The Kier molecular flexibility index (Phi) is 17.2. The van der Waals surface area contributed by atoms with Crippen LogP contribution in [0.5, 0.6) is 0 Å². The highest BCUT2D eigenvalue weighted by Gasteiger charge is 2.60. The van der Waals surface area contributed by atoms with Crippen LogP contribution in [0.25, 0.3) is 10.7 Å². The number of ketones is 1. The molecule has 0 aliphatic carbocycles. The average molecular weight is 868 g/mol. The SMILES string of the molecule is CCO[C@@H](O[C@@H]1[C@@H](C)C(=O)C(C)(F)C(=O)O[C@H](CC)[C@@]2(C)OC(=O)N(CCCCn3cc(-c4nccs4)nn3)[C@@H]2[C@@H](C)N(C)C[C@H](C)C[C@@]1(C)OC)C(O)C(CC)N(C)C. The minimum Gasteiger partial charge on any atom is -0.455 e. The van der Waals surface area contributed by atoms with Crippen LogP contribution >= 0.6 is 11.3 Å². The van der Waals surface area contributed by atoms with Crippen molar-refractivity contribution in [1.29, 1.82) is 0 Å². The number of alkyl halides is 1. The van der Waals surface area contributed by atoms with Gasteiger partial charge in [-0.2, -0.15) is 0 Å². The number of amides is 1. The number of aliphatic hydroxyl groups excluding tert-OH is 1. The minimum absolute atomic E-state index is 0.104. The topological polar surface area (TPSA) is 171 Å². The normalized spacial score (nSPS) is 32.9. The molecule has 2 aromatic heterocycles. The van der Waals surface area contributed by atoms with Crippen molar-refractivity contribution in [1.82, 2.24) is 34.7 Å². The van der Waals surface area contributed by atoms with Crippen LogP contribution in [0, 0.1) is 11.8 Å². The van der Waals surface area contributed by atoms with Gasteiger partial charge >= 0.3 is 12.1 Å². The van der Waals surface area contributed by atoms with Crippen LogP contribution in [-0.2, 0) is 39.8 Å². The molecule has 18 heteroatoms. The predicted octanol–water partition coefficient (Wildman–Crippen LogP) is 5.23. The number of halogens is 1. The van der Waals surface area contributed by atoms with Gasteiger partial charge in [-0.3, -0.25) is 14.4 Å². The van der Waals surface area contributed by atoms with Crippen molar-refractivity contribution in [2.24, 2.45) is 11.8 Å². The zero-order chi connectivity index (χ0) is 44.7. The van der Waals surface area contributed by atoms with Gasteiger partial charge in [0.05, 0.1) is 23.9 Å². The molecule has 340 valence electrons. The Morgan fingerprint density at radius 3 is 2.37 bits per heavy atom. The summed E-state index contributed by atoms with van der Waals surface area (Å²) in [5.41, 5.74) is -5.09. The molecule has 2 aromatic rings. The fourth-order valence-electron chi connectivity index (χ4n) is 9.26. The van der Waals surface area contributed by atoms with Crippen molar-refractivity contribution in [3.05, 3.63) is 17.8 Å². The Morgan fingerprint density at radius 2 is 1.78 bits per heavy atom. The number of unbranched alkanes of at least 4 members (excludes halogenated alkanes) is 1. The number of aliphatic hydroxyl groups is 1. The Labute approximate surface area is 359 Å². The second-order valence-electron chi connectivity index (χ2n) is 17.4. The predicted molar refractivity (Wildman–Crippen MR) is 225 cm³/mol. The standard InChI is InChI=1S/C42H70FN7O9S/c1-14-30(47(10)11)32(51)37(56-16-3)58-35-27(5)34(52)41(8,43)38(53)57-31(15-2)42(9)33(28(6)48(12)24-26(4)23-40(35,7)55-13)50(39(54)59-42)21-18-17-20-49-25-29(45-46-49)36-44-19-22-60-36/h19,22,25-28,30-33,35,37,51H,14-18,20-21,23-24H2,1-13H3/t26-,27+,28-,30?,31-,32?,33-,35-,37+,40-,41?,42-/m1/s1. The van der Waals surface area contributed by atoms with Gasteiger partial charge in [0.2, 0.25) is 0 Å². The van der Waals surface area contributed by atoms with Crippen molar-refractivity contribution in [2.45, 2.75) is 161 Å². The molecule has 0 bridgehead atoms. The molecule has 0 spiro atoms. The molecule has 3 unspecified atom stereocenters. The summed E-state index contributed by atoms with van der Waals surface area (Å²) in [6.45, 7) is 17.0. The first-order chi connectivity index (χ1) is 28.2. The number of ether oxygens (including phenoxy) is 5. The first-order valence-electron chi connectivity index (χ1n) is 21.3. The van der Waals surface area contributed by atoms with Crippen molar-refractivity contribution < 1.29 is 47.6 Å². The zero-order valence-corrected chi connectivity index (χ0v) is 38.7. The molecular formula is C42H70FN7O9S. The van der Waals surface area contributed by atoms with Crippen LogP contribution in [-0.4, -0.2) is 165 Å². The minimum atomic E-state index is -3.14. The molecule has 1 amide bonds. The summed E-state index contributed by atoms with van der Waals surface area (Å²) in [5, 5.41) is 22.7. The number of aromatic nitrogens is 4. The van der Waals surface area contributed by atoms with Gasteiger partial charge in [-0.1, -0.05) is 32.9 Å². The number of carbonyl (C=O) groups excluding carboxylic acids is 3. The maximum Gasteiger partial charge on any atom is 0.410 e. The molecule has 16 nitrogen and oxygen atoms in total. The van der Waals surface area contributed by atoms with Gasteiger partial charge in [0.15, 0.2) is 17.7 Å². The van der Waals surface area contributed by atoms with E-state index in [0.29, 0.717) is 51.0 Å². The fraction of sp³-hybridized carbons (Fsp3) is 0.810. The summed E-state index contributed by atoms with van der Waals surface area (Å²) in [6, 6.07) is -1.34. The molecule has 2 saturated heterocycles. The number of nitrogens with zero attached hydrogens (tertiary/aromatic N) is 7. The van der Waals surface area contributed by atoms with E-state index in [4.69, 9.17) is 23.7 Å². The van der Waals surface area contributed by atoms with E-state index < -0.39 is 71.3 Å². The summed E-state index contributed by atoms with van der Waals surface area (Å²) in [7, 11) is 7.15. The van der Waals surface area contributed by atoms with Gasteiger partial charge in [0.1, 0.15) is 22.9 Å². The number of cyclic esters (lactones) is 1. The lowest BCUT2D eigenvalue weighted by atomic mass is 9.78. The summed E-state index contributed by atoms with van der Waals surface area (Å²) >= 11 is 1.48. The molecule has 2 aliphatic rings. The highest BCUT2D eigenvalue weighted by molar-refractivity contribution is 7.13. The molecule has 2 fully saturated rings. The lowest BCUT2D eigenvalue weighted by molar-refractivity contribution is -0.266. The molecule has 0 aromatic carbocycles. The number of hydrogen-bond acceptors (Lipinski definition) is 15. The van der Waals surface area contributed by atoms with E-state index in [1.165, 1.54) is 25.4 Å². The molecule has 60 heavy (non-hydrogen) atoms.